The van der Waals surface area contributed by atoms with Gasteiger partial charge in [0, 0.05) is 5.41 Å². The fraction of sp³-hybridized carbons (Fsp3) is 0.176. The molecule has 2 rings (SSSR count). The van der Waals surface area contributed by atoms with Gasteiger partial charge in [0.05, 0.1) is 4.90 Å². The minimum absolute atomic E-state index is 0.253. The van der Waals surface area contributed by atoms with Gasteiger partial charge in [0.2, 0.25) is 0 Å². The monoisotopic (exact) mass is 333 g/mol. The second-order valence-electron chi connectivity index (χ2n) is 5.10. The molecule has 0 heterocycles. The van der Waals surface area contributed by atoms with E-state index in [0.717, 1.165) is 11.0 Å². The van der Waals surface area contributed by atoms with Crippen molar-refractivity contribution in [2.75, 3.05) is 6.54 Å². The molecule has 0 saturated carbocycles. The summed E-state index contributed by atoms with van der Waals surface area (Å²) < 4.78 is 25.0. The first-order valence-corrected chi connectivity index (χ1v) is 8.72. The molecule has 0 aromatic heterocycles. The van der Waals surface area contributed by atoms with Crippen molar-refractivity contribution in [1.82, 2.24) is 0 Å². The van der Waals surface area contributed by atoms with Crippen LogP contribution in [0.4, 0.5) is 0 Å². The second-order valence-corrected chi connectivity index (χ2v) is 6.90. The third-order valence-corrected chi connectivity index (χ3v) is 4.87. The molecule has 23 heavy (non-hydrogen) atoms. The lowest BCUT2D eigenvalue weighted by Gasteiger charge is -2.07. The smallest absolute Gasteiger partial charge is 0.200 e. The summed E-state index contributed by atoms with van der Waals surface area (Å²) in [5.41, 5.74) is 6.70. The molecule has 0 spiro atoms. The van der Waals surface area contributed by atoms with Crippen LogP contribution in [0.3, 0.4) is 0 Å². The number of nitrogens with two attached hydrogens (primary N) is 1. The van der Waals surface area contributed by atoms with Gasteiger partial charge in [0.25, 0.3) is 0 Å². The number of aryl methyl sites for hydroxylation is 1. The highest BCUT2D eigenvalue weighted by atomic mass is 32.2. The van der Waals surface area contributed by atoms with Crippen LogP contribution in [0.25, 0.3) is 6.08 Å². The molecule has 122 valence electrons. The Bertz CT molecular complexity index is 813. The van der Waals surface area contributed by atoms with Crippen molar-refractivity contribution in [3.8, 4) is 11.5 Å². The Kier molecular flexibility index (Phi) is 5.41. The summed E-state index contributed by atoms with van der Waals surface area (Å²) in [4.78, 5) is 0.257. The van der Waals surface area contributed by atoms with Gasteiger partial charge in [-0.15, -0.1) is 0 Å². The summed E-state index contributed by atoms with van der Waals surface area (Å²) >= 11 is 0. The third kappa shape index (κ3) is 4.34. The molecular formula is C17H19NO4S. The normalized spacial score (nSPS) is 11.9. The summed E-state index contributed by atoms with van der Waals surface area (Å²) in [6.07, 6.45) is 2.69. The molecule has 2 aromatic carbocycles. The Morgan fingerprint density at radius 2 is 1.78 bits per heavy atom. The molecular weight excluding hydrogens is 314 g/mol. The van der Waals surface area contributed by atoms with E-state index in [1.54, 1.807) is 24.3 Å². The van der Waals surface area contributed by atoms with Gasteiger partial charge >= 0.3 is 0 Å². The SMILES string of the molecule is NCCCc1ccccc1S(=O)(=O)/C=C/c1ccc(O)c(O)c1. The largest absolute Gasteiger partial charge is 0.504 e. The molecule has 0 atom stereocenters. The van der Waals surface area contributed by atoms with Crippen molar-refractivity contribution in [2.24, 2.45) is 5.73 Å². The number of phenols is 2. The highest BCUT2D eigenvalue weighted by molar-refractivity contribution is 7.94. The maximum Gasteiger partial charge on any atom is 0.200 e. The predicted octanol–water partition coefficient (Wildman–Crippen LogP) is 2.43. The molecule has 0 fully saturated rings. The minimum Gasteiger partial charge on any atom is -0.504 e. The first kappa shape index (κ1) is 17.1. The van der Waals surface area contributed by atoms with Crippen molar-refractivity contribution in [3.05, 3.63) is 59.0 Å². The zero-order chi connectivity index (χ0) is 16.9. The van der Waals surface area contributed by atoms with E-state index in [1.165, 1.54) is 24.3 Å². The molecule has 2 aromatic rings. The second kappa shape index (κ2) is 7.30. The van der Waals surface area contributed by atoms with Crippen LogP contribution in [0.5, 0.6) is 11.5 Å². The number of rotatable bonds is 6. The van der Waals surface area contributed by atoms with E-state index in [0.29, 0.717) is 24.9 Å². The number of hydrogen-bond donors (Lipinski definition) is 3. The first-order valence-electron chi connectivity index (χ1n) is 7.17. The maximum absolute atomic E-state index is 12.5. The van der Waals surface area contributed by atoms with Crippen LogP contribution in [0.2, 0.25) is 0 Å². The lowest BCUT2D eigenvalue weighted by molar-refractivity contribution is 0.403. The average molecular weight is 333 g/mol. The number of aromatic hydroxyl groups is 2. The fourth-order valence-electron chi connectivity index (χ4n) is 2.17. The molecule has 0 aliphatic carbocycles. The van der Waals surface area contributed by atoms with Gasteiger partial charge in [-0.25, -0.2) is 8.42 Å². The highest BCUT2D eigenvalue weighted by Crippen LogP contribution is 2.26. The third-order valence-electron chi connectivity index (χ3n) is 3.37. The quantitative estimate of drug-likeness (QED) is 0.705. The lowest BCUT2D eigenvalue weighted by atomic mass is 10.1. The average Bonchev–Trinajstić information content (AvgIpc) is 2.54. The van der Waals surface area contributed by atoms with Crippen molar-refractivity contribution in [2.45, 2.75) is 17.7 Å². The lowest BCUT2D eigenvalue weighted by Crippen LogP contribution is -2.05. The summed E-state index contributed by atoms with van der Waals surface area (Å²) in [6, 6.07) is 10.9. The number of sulfone groups is 1. The standard InChI is InChI=1S/C17H19NO4S/c18-10-3-5-14-4-1-2-6-17(14)23(21,22)11-9-13-7-8-15(19)16(20)12-13/h1-2,4,6-9,11-12,19-20H,3,5,10,18H2/b11-9+. The van der Waals surface area contributed by atoms with Crippen LogP contribution < -0.4 is 5.73 Å². The van der Waals surface area contributed by atoms with Crippen molar-refractivity contribution in [1.29, 1.82) is 0 Å². The molecule has 5 nitrogen and oxygen atoms in total. The number of phenolic OH excluding ortho intramolecular Hbond substituents is 2. The first-order chi connectivity index (χ1) is 10.9. The summed E-state index contributed by atoms with van der Waals surface area (Å²) in [6.45, 7) is 0.497. The minimum atomic E-state index is -3.61. The fourth-order valence-corrected chi connectivity index (χ4v) is 3.45. The molecule has 0 aliphatic heterocycles. The number of hydrogen-bond acceptors (Lipinski definition) is 5. The van der Waals surface area contributed by atoms with Gasteiger partial charge in [-0.3, -0.25) is 0 Å². The molecule has 0 saturated heterocycles. The molecule has 0 amide bonds. The van der Waals surface area contributed by atoms with E-state index >= 15 is 0 Å². The molecule has 6 heteroatoms. The summed E-state index contributed by atoms with van der Waals surface area (Å²) in [7, 11) is -3.61. The Labute approximate surface area is 135 Å². The van der Waals surface area contributed by atoms with Gasteiger partial charge in [0.15, 0.2) is 21.3 Å². The van der Waals surface area contributed by atoms with E-state index in [1.807, 2.05) is 0 Å². The zero-order valence-electron chi connectivity index (χ0n) is 12.5. The Hall–Kier alpha value is -2.31. The molecule has 4 N–H and O–H groups in total. The highest BCUT2D eigenvalue weighted by Gasteiger charge is 2.14. The number of benzene rings is 2. The maximum atomic E-state index is 12.5. The Balaban J connectivity index is 2.31. The topological polar surface area (TPSA) is 101 Å². The molecule has 0 aliphatic rings. The van der Waals surface area contributed by atoms with Gasteiger partial charge in [0.1, 0.15) is 0 Å². The van der Waals surface area contributed by atoms with Gasteiger partial charge in [-0.1, -0.05) is 24.3 Å². The molecule has 0 unspecified atom stereocenters. The van der Waals surface area contributed by atoms with Crippen LogP contribution >= 0.6 is 0 Å². The summed E-state index contributed by atoms with van der Waals surface area (Å²) in [5, 5.41) is 19.8. The van der Waals surface area contributed by atoms with Crippen molar-refractivity contribution >= 4 is 15.9 Å². The summed E-state index contributed by atoms with van der Waals surface area (Å²) in [5.74, 6) is -0.551. The zero-order valence-corrected chi connectivity index (χ0v) is 13.3. The predicted molar refractivity (Wildman–Crippen MR) is 89.8 cm³/mol. The Morgan fingerprint density at radius 3 is 2.48 bits per heavy atom. The van der Waals surface area contributed by atoms with Crippen LogP contribution in [0, 0.1) is 0 Å². The van der Waals surface area contributed by atoms with E-state index in [2.05, 4.69) is 0 Å². The van der Waals surface area contributed by atoms with E-state index in [-0.39, 0.29) is 16.4 Å². The van der Waals surface area contributed by atoms with E-state index < -0.39 is 9.84 Å². The van der Waals surface area contributed by atoms with Crippen LogP contribution in [0.1, 0.15) is 17.5 Å². The molecule has 0 bridgehead atoms. The van der Waals surface area contributed by atoms with Gasteiger partial charge in [-0.2, -0.15) is 0 Å². The molecule has 0 radical (unpaired) electrons. The van der Waals surface area contributed by atoms with Crippen molar-refractivity contribution < 1.29 is 18.6 Å². The van der Waals surface area contributed by atoms with E-state index in [9.17, 15) is 18.6 Å². The van der Waals surface area contributed by atoms with Gasteiger partial charge < -0.3 is 15.9 Å². The van der Waals surface area contributed by atoms with Crippen molar-refractivity contribution in [3.63, 3.8) is 0 Å². The van der Waals surface area contributed by atoms with Crippen LogP contribution in [-0.2, 0) is 16.3 Å². The Morgan fingerprint density at radius 1 is 1.04 bits per heavy atom. The van der Waals surface area contributed by atoms with Crippen LogP contribution in [-0.4, -0.2) is 25.2 Å². The van der Waals surface area contributed by atoms with Gasteiger partial charge in [-0.05, 0) is 54.8 Å². The van der Waals surface area contributed by atoms with Crippen LogP contribution in [0.15, 0.2) is 52.8 Å². The van der Waals surface area contributed by atoms with E-state index in [4.69, 9.17) is 5.73 Å².